The molecule has 1 aromatic carbocycles. The van der Waals surface area contributed by atoms with Crippen LogP contribution in [-0.2, 0) is 16.0 Å². The van der Waals surface area contributed by atoms with Gasteiger partial charge in [0.2, 0.25) is 0 Å². The van der Waals surface area contributed by atoms with E-state index in [2.05, 4.69) is 5.32 Å². The molecule has 0 bridgehead atoms. The molecule has 1 aliphatic carbocycles. The lowest BCUT2D eigenvalue weighted by Crippen LogP contribution is -2.51. The standard InChI is InChI=1S/C22H24ClF3N2O3/c23-16-10-8-15(9-11-16)12-13-28(21(30)22(24,25)26)19(18-7-4-14-31-18)20(29)27-17-5-2-1-3-6-17/h4,7-11,14,17,19H,1-3,5-6,12-13H2,(H,27,29)/t19-/m0/s1. The Morgan fingerprint density at radius 2 is 1.81 bits per heavy atom. The topological polar surface area (TPSA) is 62.6 Å². The van der Waals surface area contributed by atoms with Gasteiger partial charge in [0.25, 0.3) is 5.91 Å². The van der Waals surface area contributed by atoms with E-state index in [1.54, 1.807) is 24.3 Å². The van der Waals surface area contributed by atoms with Crippen LogP contribution in [-0.4, -0.2) is 35.5 Å². The monoisotopic (exact) mass is 456 g/mol. The van der Waals surface area contributed by atoms with Gasteiger partial charge in [-0.05, 0) is 49.1 Å². The molecule has 0 spiro atoms. The van der Waals surface area contributed by atoms with Crippen molar-refractivity contribution < 1.29 is 27.2 Å². The minimum Gasteiger partial charge on any atom is -0.467 e. The maximum absolute atomic E-state index is 13.4. The number of benzene rings is 1. The van der Waals surface area contributed by atoms with Crippen molar-refractivity contribution >= 4 is 23.4 Å². The second kappa shape index (κ2) is 10.2. The molecule has 1 N–H and O–H groups in total. The number of furan rings is 1. The maximum atomic E-state index is 13.4. The minimum absolute atomic E-state index is 0.0120. The van der Waals surface area contributed by atoms with Crippen LogP contribution in [0.1, 0.15) is 49.5 Å². The van der Waals surface area contributed by atoms with Gasteiger partial charge >= 0.3 is 12.1 Å². The van der Waals surface area contributed by atoms with Gasteiger partial charge in [-0.1, -0.05) is 43.0 Å². The van der Waals surface area contributed by atoms with Gasteiger partial charge in [0.1, 0.15) is 5.76 Å². The van der Waals surface area contributed by atoms with Gasteiger partial charge in [-0.25, -0.2) is 0 Å². The summed E-state index contributed by atoms with van der Waals surface area (Å²) in [7, 11) is 0. The van der Waals surface area contributed by atoms with Crippen LogP contribution in [0.2, 0.25) is 5.02 Å². The fourth-order valence-electron chi connectivity index (χ4n) is 3.81. The number of halogens is 4. The molecule has 0 saturated heterocycles. The first-order chi connectivity index (χ1) is 14.8. The van der Waals surface area contributed by atoms with Gasteiger partial charge in [-0.2, -0.15) is 13.2 Å². The summed E-state index contributed by atoms with van der Waals surface area (Å²) in [6.45, 7) is -0.316. The highest BCUT2D eigenvalue weighted by Crippen LogP contribution is 2.29. The molecule has 0 aliphatic heterocycles. The number of carbonyl (C=O) groups excluding carboxylic acids is 2. The predicted octanol–water partition coefficient (Wildman–Crippen LogP) is 5.06. The summed E-state index contributed by atoms with van der Waals surface area (Å²) in [6, 6.07) is 7.82. The fraction of sp³-hybridized carbons (Fsp3) is 0.455. The first-order valence-corrected chi connectivity index (χ1v) is 10.6. The molecule has 1 heterocycles. The SMILES string of the molecule is O=C(NC1CCCCC1)[C@H](c1ccco1)N(CCc1ccc(Cl)cc1)C(=O)C(F)(F)F. The number of alkyl halides is 3. The summed E-state index contributed by atoms with van der Waals surface area (Å²) < 4.78 is 45.6. The molecule has 1 atom stereocenters. The number of hydrogen-bond donors (Lipinski definition) is 1. The van der Waals surface area contributed by atoms with Gasteiger partial charge in [-0.3, -0.25) is 9.59 Å². The van der Waals surface area contributed by atoms with Crippen LogP contribution in [0.5, 0.6) is 0 Å². The first-order valence-electron chi connectivity index (χ1n) is 10.2. The van der Waals surface area contributed by atoms with Crippen molar-refractivity contribution in [2.45, 2.75) is 56.8 Å². The molecule has 168 valence electrons. The highest BCUT2D eigenvalue weighted by molar-refractivity contribution is 6.30. The van der Waals surface area contributed by atoms with Crippen LogP contribution in [0, 0.1) is 0 Å². The number of nitrogens with zero attached hydrogens (tertiary/aromatic N) is 1. The predicted molar refractivity (Wildman–Crippen MR) is 109 cm³/mol. The second-order valence-electron chi connectivity index (χ2n) is 7.63. The van der Waals surface area contributed by atoms with Crippen molar-refractivity contribution in [2.24, 2.45) is 0 Å². The third-order valence-electron chi connectivity index (χ3n) is 5.38. The number of nitrogens with one attached hydrogen (secondary N) is 1. The highest BCUT2D eigenvalue weighted by atomic mass is 35.5. The quantitative estimate of drug-likeness (QED) is 0.633. The van der Waals surface area contributed by atoms with E-state index >= 15 is 0 Å². The second-order valence-corrected chi connectivity index (χ2v) is 8.07. The van der Waals surface area contributed by atoms with Gasteiger partial charge in [0, 0.05) is 17.6 Å². The normalized spacial score (nSPS) is 16.0. The summed E-state index contributed by atoms with van der Waals surface area (Å²) in [5.74, 6) is -2.76. The average molecular weight is 457 g/mol. The molecule has 2 aromatic rings. The smallest absolute Gasteiger partial charge is 0.467 e. The van der Waals surface area contributed by atoms with E-state index in [1.807, 2.05) is 0 Å². The molecule has 0 radical (unpaired) electrons. The van der Waals surface area contributed by atoms with Gasteiger partial charge < -0.3 is 14.6 Å². The summed E-state index contributed by atoms with van der Waals surface area (Å²) in [6.07, 6.45) is 0.724. The van der Waals surface area contributed by atoms with Gasteiger partial charge in [0.05, 0.1) is 6.26 Å². The Hall–Kier alpha value is -2.48. The molecule has 0 unspecified atom stereocenters. The van der Waals surface area contributed by atoms with Gasteiger partial charge in [0.15, 0.2) is 6.04 Å². The van der Waals surface area contributed by atoms with Crippen molar-refractivity contribution in [3.05, 3.63) is 59.0 Å². The molecular weight excluding hydrogens is 433 g/mol. The minimum atomic E-state index is -5.13. The van der Waals surface area contributed by atoms with Crippen molar-refractivity contribution in [1.82, 2.24) is 10.2 Å². The lowest BCUT2D eigenvalue weighted by molar-refractivity contribution is -0.189. The van der Waals surface area contributed by atoms with E-state index in [0.717, 1.165) is 32.1 Å². The molecular formula is C22H24ClF3N2O3. The Bertz CT molecular complexity index is 863. The average Bonchev–Trinajstić information content (AvgIpc) is 3.26. The summed E-state index contributed by atoms with van der Waals surface area (Å²) >= 11 is 5.86. The third kappa shape index (κ3) is 6.26. The van der Waals surface area contributed by atoms with E-state index in [4.69, 9.17) is 16.0 Å². The largest absolute Gasteiger partial charge is 0.471 e. The molecule has 2 amide bonds. The molecule has 9 heteroatoms. The number of amides is 2. The highest BCUT2D eigenvalue weighted by Gasteiger charge is 2.47. The van der Waals surface area contributed by atoms with Crippen LogP contribution in [0.15, 0.2) is 47.1 Å². The van der Waals surface area contributed by atoms with Crippen LogP contribution >= 0.6 is 11.6 Å². The van der Waals surface area contributed by atoms with E-state index < -0.39 is 24.0 Å². The van der Waals surface area contributed by atoms with E-state index in [9.17, 15) is 22.8 Å². The van der Waals surface area contributed by atoms with E-state index in [-0.39, 0.29) is 24.8 Å². The van der Waals surface area contributed by atoms with E-state index in [1.165, 1.54) is 18.4 Å². The Kier molecular flexibility index (Phi) is 7.64. The van der Waals surface area contributed by atoms with Crippen LogP contribution in [0.4, 0.5) is 13.2 Å². The molecule has 1 aliphatic rings. The molecule has 1 saturated carbocycles. The maximum Gasteiger partial charge on any atom is 0.471 e. The Morgan fingerprint density at radius 1 is 1.13 bits per heavy atom. The van der Waals surface area contributed by atoms with Gasteiger partial charge in [-0.15, -0.1) is 0 Å². The molecule has 31 heavy (non-hydrogen) atoms. The van der Waals surface area contributed by atoms with Crippen LogP contribution in [0.25, 0.3) is 0 Å². The Labute approximate surface area is 183 Å². The zero-order valence-electron chi connectivity index (χ0n) is 16.8. The van der Waals surface area contributed by atoms with E-state index in [0.29, 0.717) is 15.5 Å². The van der Waals surface area contributed by atoms with Crippen molar-refractivity contribution in [3.63, 3.8) is 0 Å². The summed E-state index contributed by atoms with van der Waals surface area (Å²) in [4.78, 5) is 26.0. The molecule has 1 fully saturated rings. The third-order valence-corrected chi connectivity index (χ3v) is 5.63. The summed E-state index contributed by atoms with van der Waals surface area (Å²) in [5.41, 5.74) is 0.690. The number of hydrogen-bond acceptors (Lipinski definition) is 3. The summed E-state index contributed by atoms with van der Waals surface area (Å²) in [5, 5.41) is 3.31. The fourth-order valence-corrected chi connectivity index (χ4v) is 3.94. The first kappa shape index (κ1) is 23.2. The Balaban J connectivity index is 1.87. The van der Waals surface area contributed by atoms with Crippen molar-refractivity contribution in [2.75, 3.05) is 6.54 Å². The molecule has 5 nitrogen and oxygen atoms in total. The van der Waals surface area contributed by atoms with Crippen LogP contribution < -0.4 is 5.32 Å². The number of rotatable bonds is 7. The zero-order chi connectivity index (χ0) is 22.4. The lowest BCUT2D eigenvalue weighted by Gasteiger charge is -2.32. The zero-order valence-corrected chi connectivity index (χ0v) is 17.6. The number of carbonyl (C=O) groups is 2. The van der Waals surface area contributed by atoms with Crippen molar-refractivity contribution in [3.8, 4) is 0 Å². The van der Waals surface area contributed by atoms with Crippen molar-refractivity contribution in [1.29, 1.82) is 0 Å². The molecule has 1 aromatic heterocycles. The van der Waals surface area contributed by atoms with Crippen LogP contribution in [0.3, 0.4) is 0 Å². The molecule has 3 rings (SSSR count). The Morgan fingerprint density at radius 3 is 2.39 bits per heavy atom. The lowest BCUT2D eigenvalue weighted by atomic mass is 9.95.